The molecular formula is C38H51N5O9S. The van der Waals surface area contributed by atoms with Crippen molar-refractivity contribution in [2.24, 2.45) is 29.6 Å². The van der Waals surface area contributed by atoms with Crippen LogP contribution >= 0.6 is 11.3 Å². The number of amides is 3. The molecule has 9 atom stereocenters. The molecule has 15 heteroatoms. The fourth-order valence-corrected chi connectivity index (χ4v) is 9.46. The van der Waals surface area contributed by atoms with Crippen LogP contribution in [-0.4, -0.2) is 116 Å². The second kappa shape index (κ2) is 16.9. The number of para-hydroxylation sites is 1. The monoisotopic (exact) mass is 753 g/mol. The highest BCUT2D eigenvalue weighted by molar-refractivity contribution is 7.20. The van der Waals surface area contributed by atoms with E-state index >= 15 is 0 Å². The Morgan fingerprint density at radius 2 is 1.89 bits per heavy atom. The Kier molecular flexibility index (Phi) is 12.0. The van der Waals surface area contributed by atoms with Crippen LogP contribution in [0.1, 0.15) is 68.6 Å². The summed E-state index contributed by atoms with van der Waals surface area (Å²) >= 11 is 1.26. The third-order valence-electron chi connectivity index (χ3n) is 11.6. The molecule has 5 aliphatic heterocycles. The number of hydrogen-bond donors (Lipinski definition) is 3. The van der Waals surface area contributed by atoms with E-state index in [0.717, 1.165) is 30.6 Å². The Labute approximate surface area is 313 Å². The highest BCUT2D eigenvalue weighted by Crippen LogP contribution is 2.34. The van der Waals surface area contributed by atoms with Gasteiger partial charge in [0.1, 0.15) is 6.10 Å². The first-order valence-electron chi connectivity index (χ1n) is 19.2. The SMILES string of the molecule is CC(C)N1CCC(C[C@H](CC(=O)C(NC(=O)OC2COC3OCCC23)C2CCOC2)C(=O)N[C@@H](C[C@@H]2CCNC2=O)C(=O)c2nc3ccccc3s2)C1. The topological polar surface area (TPSA) is 174 Å². The fourth-order valence-electron chi connectivity index (χ4n) is 8.50. The molecule has 5 fully saturated rings. The van der Waals surface area contributed by atoms with Crippen LogP contribution in [0.25, 0.3) is 10.2 Å². The highest BCUT2D eigenvalue weighted by atomic mass is 32.1. The van der Waals surface area contributed by atoms with E-state index < -0.39 is 42.0 Å². The molecule has 53 heavy (non-hydrogen) atoms. The molecule has 5 saturated heterocycles. The number of fused-ring (bicyclic) bond motifs is 2. The lowest BCUT2D eigenvalue weighted by molar-refractivity contribution is -0.131. The van der Waals surface area contributed by atoms with Crippen molar-refractivity contribution in [2.75, 3.05) is 46.1 Å². The van der Waals surface area contributed by atoms with E-state index in [1.165, 1.54) is 11.3 Å². The van der Waals surface area contributed by atoms with E-state index in [0.29, 0.717) is 57.2 Å². The Hall–Kier alpha value is -3.50. The number of carbonyl (C=O) groups excluding carboxylic acids is 5. The molecule has 1 aromatic heterocycles. The van der Waals surface area contributed by atoms with Crippen LogP contribution in [0.3, 0.4) is 0 Å². The van der Waals surface area contributed by atoms with E-state index in [-0.39, 0.29) is 66.0 Å². The molecule has 6 unspecified atom stereocenters. The van der Waals surface area contributed by atoms with Crippen molar-refractivity contribution >= 4 is 51.0 Å². The minimum Gasteiger partial charge on any atom is -0.443 e. The number of ether oxygens (including phenoxy) is 4. The number of rotatable bonds is 15. The first-order valence-corrected chi connectivity index (χ1v) is 20.0. The Morgan fingerprint density at radius 3 is 2.62 bits per heavy atom. The zero-order valence-corrected chi connectivity index (χ0v) is 31.3. The molecule has 0 bridgehead atoms. The van der Waals surface area contributed by atoms with Gasteiger partial charge in [-0.3, -0.25) is 19.2 Å². The lowest BCUT2D eigenvalue weighted by Gasteiger charge is -2.28. The van der Waals surface area contributed by atoms with Gasteiger partial charge in [0.05, 0.1) is 48.0 Å². The molecule has 0 radical (unpaired) electrons. The number of nitrogens with one attached hydrogen (secondary N) is 3. The highest BCUT2D eigenvalue weighted by Gasteiger charge is 2.45. The van der Waals surface area contributed by atoms with Crippen molar-refractivity contribution in [3.05, 3.63) is 29.3 Å². The fraction of sp³-hybridized carbons (Fsp3) is 0.684. The van der Waals surface area contributed by atoms with Crippen molar-refractivity contribution in [1.29, 1.82) is 0 Å². The van der Waals surface area contributed by atoms with Gasteiger partial charge < -0.3 is 39.8 Å². The Morgan fingerprint density at radius 1 is 1.04 bits per heavy atom. The quantitative estimate of drug-likeness (QED) is 0.228. The molecule has 3 N–H and O–H groups in total. The molecule has 0 saturated carbocycles. The number of Topliss-reactive ketones (excluding diaryl/α,β-unsaturated/α-hetero) is 2. The number of hydrogen-bond acceptors (Lipinski definition) is 12. The van der Waals surface area contributed by atoms with Crippen molar-refractivity contribution in [3.63, 3.8) is 0 Å². The van der Waals surface area contributed by atoms with Crippen molar-refractivity contribution in [1.82, 2.24) is 25.8 Å². The van der Waals surface area contributed by atoms with Gasteiger partial charge in [0.15, 0.2) is 17.1 Å². The minimum absolute atomic E-state index is 0.0525. The van der Waals surface area contributed by atoms with Crippen LogP contribution in [0.15, 0.2) is 24.3 Å². The van der Waals surface area contributed by atoms with E-state index in [1.54, 1.807) is 0 Å². The summed E-state index contributed by atoms with van der Waals surface area (Å²) in [6.45, 7) is 8.02. The molecule has 0 spiro atoms. The minimum atomic E-state index is -1.01. The van der Waals surface area contributed by atoms with E-state index in [9.17, 15) is 24.0 Å². The van der Waals surface area contributed by atoms with Gasteiger partial charge in [-0.25, -0.2) is 9.78 Å². The number of alkyl carbamates (subject to hydrolysis) is 1. The Bertz CT molecular complexity index is 1630. The van der Waals surface area contributed by atoms with Gasteiger partial charge in [-0.1, -0.05) is 12.1 Å². The number of aromatic nitrogens is 1. The van der Waals surface area contributed by atoms with Crippen molar-refractivity contribution in [3.8, 4) is 0 Å². The molecule has 3 amide bonds. The third kappa shape index (κ3) is 8.91. The average Bonchev–Trinajstić information content (AvgIpc) is 3.99. The molecule has 5 aliphatic rings. The van der Waals surface area contributed by atoms with Crippen LogP contribution < -0.4 is 16.0 Å². The maximum atomic E-state index is 14.4. The van der Waals surface area contributed by atoms with Gasteiger partial charge in [0.2, 0.25) is 17.6 Å². The second-order valence-corrected chi connectivity index (χ2v) is 16.5. The smallest absolute Gasteiger partial charge is 0.408 e. The van der Waals surface area contributed by atoms with Gasteiger partial charge in [-0.15, -0.1) is 11.3 Å². The summed E-state index contributed by atoms with van der Waals surface area (Å²) in [5, 5.41) is 8.94. The maximum absolute atomic E-state index is 14.4. The number of benzene rings is 1. The van der Waals surface area contributed by atoms with E-state index in [4.69, 9.17) is 18.9 Å². The summed E-state index contributed by atoms with van der Waals surface area (Å²) < 4.78 is 23.4. The molecule has 288 valence electrons. The number of likely N-dealkylation sites (tertiary alicyclic amines) is 1. The van der Waals surface area contributed by atoms with Gasteiger partial charge in [-0.2, -0.15) is 0 Å². The number of thiazole rings is 1. The van der Waals surface area contributed by atoms with Gasteiger partial charge in [-0.05, 0) is 77.0 Å². The third-order valence-corrected chi connectivity index (χ3v) is 12.7. The van der Waals surface area contributed by atoms with Gasteiger partial charge in [0, 0.05) is 49.9 Å². The lowest BCUT2D eigenvalue weighted by atomic mass is 9.84. The molecule has 14 nitrogen and oxygen atoms in total. The molecule has 2 aromatic rings. The standard InChI is InChI=1S/C38H51N5O9S/c1-21(2)43-12-8-22(18-43)15-25(17-29(44)32(24-9-13-49-19-24)42-38(48)52-30-20-51-37-26(30)10-14-50-37)35(47)40-28(16-23-7-11-39-34(23)46)33(45)36-41-27-5-3-4-6-31(27)53-36/h3-6,21-26,28,30,32,37H,7-20H2,1-2H3,(H,39,46)(H,40,47)(H,42,48)/t22?,23-,24?,25+,26?,28-,30?,32?,37?/m0/s1. The van der Waals surface area contributed by atoms with Gasteiger partial charge >= 0.3 is 6.09 Å². The van der Waals surface area contributed by atoms with Crippen LogP contribution in [0.2, 0.25) is 0 Å². The summed E-state index contributed by atoms with van der Waals surface area (Å²) in [4.78, 5) is 75.8. The summed E-state index contributed by atoms with van der Waals surface area (Å²) in [6, 6.07) is 5.88. The molecule has 7 rings (SSSR count). The molecular weight excluding hydrogens is 703 g/mol. The normalized spacial score (nSPS) is 28.8. The van der Waals surface area contributed by atoms with Gasteiger partial charge in [0.25, 0.3) is 0 Å². The van der Waals surface area contributed by atoms with Crippen LogP contribution in [-0.2, 0) is 33.3 Å². The number of nitrogens with zero attached hydrogens (tertiary/aromatic N) is 2. The maximum Gasteiger partial charge on any atom is 0.408 e. The molecule has 6 heterocycles. The first kappa shape index (κ1) is 37.8. The summed E-state index contributed by atoms with van der Waals surface area (Å²) in [5.74, 6) is -2.59. The molecule has 1 aromatic carbocycles. The van der Waals surface area contributed by atoms with E-state index in [1.807, 2.05) is 24.3 Å². The summed E-state index contributed by atoms with van der Waals surface area (Å²) in [7, 11) is 0. The van der Waals surface area contributed by atoms with E-state index in [2.05, 4.69) is 39.7 Å². The zero-order valence-electron chi connectivity index (χ0n) is 30.5. The summed E-state index contributed by atoms with van der Waals surface area (Å²) in [5.41, 5.74) is 0.689. The predicted octanol–water partition coefficient (Wildman–Crippen LogP) is 3.08. The first-order chi connectivity index (χ1) is 25.6. The largest absolute Gasteiger partial charge is 0.443 e. The number of carbonyl (C=O) groups is 5. The van der Waals surface area contributed by atoms with Crippen molar-refractivity contribution < 1.29 is 42.9 Å². The lowest BCUT2D eigenvalue weighted by Crippen LogP contribution is -2.50. The summed E-state index contributed by atoms with van der Waals surface area (Å²) in [6.07, 6.45) is 1.60. The zero-order chi connectivity index (χ0) is 37.1. The number of ketones is 2. The van der Waals surface area contributed by atoms with Crippen LogP contribution in [0.5, 0.6) is 0 Å². The molecule has 0 aliphatic carbocycles. The average molecular weight is 754 g/mol. The van der Waals surface area contributed by atoms with Crippen LogP contribution in [0.4, 0.5) is 4.79 Å². The predicted molar refractivity (Wildman–Crippen MR) is 194 cm³/mol. The second-order valence-electron chi connectivity index (χ2n) is 15.5. The van der Waals surface area contributed by atoms with Crippen LogP contribution in [0, 0.1) is 29.6 Å². The van der Waals surface area contributed by atoms with Crippen molar-refractivity contribution in [2.45, 2.75) is 89.3 Å². The Balaban J connectivity index is 1.10.